The van der Waals surface area contributed by atoms with Gasteiger partial charge in [-0.1, -0.05) is 19.1 Å². The highest BCUT2D eigenvalue weighted by Crippen LogP contribution is 2.27. The molecule has 2 aromatic rings. The summed E-state index contributed by atoms with van der Waals surface area (Å²) in [5.41, 5.74) is 0.844. The lowest BCUT2D eigenvalue weighted by Gasteiger charge is -2.16. The summed E-state index contributed by atoms with van der Waals surface area (Å²) in [7, 11) is 0. The van der Waals surface area contributed by atoms with Crippen molar-refractivity contribution in [3.8, 4) is 5.75 Å². The van der Waals surface area contributed by atoms with Gasteiger partial charge in [-0.3, -0.25) is 0 Å². The first-order valence-electron chi connectivity index (χ1n) is 5.98. The van der Waals surface area contributed by atoms with Gasteiger partial charge in [0.2, 0.25) is 0 Å². The molecule has 1 atom stereocenters. The number of benzene rings is 1. The van der Waals surface area contributed by atoms with Crippen molar-refractivity contribution >= 4 is 11.3 Å². The lowest BCUT2D eigenvalue weighted by Crippen LogP contribution is -2.22. The topological polar surface area (TPSA) is 34.1 Å². The van der Waals surface area contributed by atoms with Gasteiger partial charge < -0.3 is 10.1 Å². The molecule has 0 aliphatic heterocycles. The minimum atomic E-state index is -4.67. The summed E-state index contributed by atoms with van der Waals surface area (Å²) in [5, 5.41) is 5.99. The molecular formula is C13H13F3N2OS. The predicted octanol–water partition coefficient (Wildman–Crippen LogP) is 3.74. The Balaban J connectivity index is 2.18. The lowest BCUT2D eigenvalue weighted by molar-refractivity contribution is -0.274. The van der Waals surface area contributed by atoms with Crippen molar-refractivity contribution in [3.63, 3.8) is 0 Å². The third kappa shape index (κ3) is 3.94. The second-order valence-corrected chi connectivity index (χ2v) is 4.90. The molecular weight excluding hydrogens is 289 g/mol. The van der Waals surface area contributed by atoms with Crippen molar-refractivity contribution in [1.29, 1.82) is 0 Å². The van der Waals surface area contributed by atoms with Gasteiger partial charge in [0, 0.05) is 11.6 Å². The van der Waals surface area contributed by atoms with Gasteiger partial charge in [-0.15, -0.1) is 24.5 Å². The highest BCUT2D eigenvalue weighted by molar-refractivity contribution is 7.09. The molecule has 1 N–H and O–H groups in total. The Kier molecular flexibility index (Phi) is 4.61. The van der Waals surface area contributed by atoms with E-state index in [-0.39, 0.29) is 11.8 Å². The van der Waals surface area contributed by atoms with Crippen molar-refractivity contribution < 1.29 is 17.9 Å². The molecule has 1 aromatic heterocycles. The number of hydrogen-bond acceptors (Lipinski definition) is 4. The van der Waals surface area contributed by atoms with E-state index in [1.165, 1.54) is 23.5 Å². The fourth-order valence-corrected chi connectivity index (χ4v) is 2.53. The van der Waals surface area contributed by atoms with Gasteiger partial charge in [-0.25, -0.2) is 4.98 Å². The van der Waals surface area contributed by atoms with E-state index in [1.807, 2.05) is 12.3 Å². The first kappa shape index (κ1) is 14.8. The lowest BCUT2D eigenvalue weighted by atomic mass is 10.1. The third-order valence-electron chi connectivity index (χ3n) is 2.55. The normalized spacial score (nSPS) is 13.2. The molecule has 0 saturated heterocycles. The number of rotatable bonds is 5. The van der Waals surface area contributed by atoms with Gasteiger partial charge in [-0.2, -0.15) is 0 Å². The Morgan fingerprint density at radius 1 is 1.30 bits per heavy atom. The Morgan fingerprint density at radius 3 is 2.50 bits per heavy atom. The van der Waals surface area contributed by atoms with Crippen molar-refractivity contribution in [3.05, 3.63) is 46.4 Å². The van der Waals surface area contributed by atoms with Crippen LogP contribution in [-0.4, -0.2) is 17.9 Å². The summed E-state index contributed by atoms with van der Waals surface area (Å²) in [6.07, 6.45) is -2.97. The molecule has 0 amide bonds. The maximum Gasteiger partial charge on any atom is 0.573 e. The SMILES string of the molecule is CCNC(c1ccc(OC(F)(F)F)cc1)c1nccs1. The number of hydrogen-bond donors (Lipinski definition) is 1. The van der Waals surface area contributed by atoms with Crippen LogP contribution in [0.25, 0.3) is 0 Å². The highest BCUT2D eigenvalue weighted by Gasteiger charge is 2.31. The average molecular weight is 302 g/mol. The number of aromatic nitrogens is 1. The van der Waals surface area contributed by atoms with E-state index >= 15 is 0 Å². The van der Waals surface area contributed by atoms with Crippen LogP contribution in [0.15, 0.2) is 35.8 Å². The van der Waals surface area contributed by atoms with Gasteiger partial charge in [-0.05, 0) is 24.2 Å². The minimum absolute atomic E-state index is 0.125. The smallest absolute Gasteiger partial charge is 0.406 e. The molecule has 2 rings (SSSR count). The molecule has 0 saturated carbocycles. The van der Waals surface area contributed by atoms with Crippen LogP contribution in [0.5, 0.6) is 5.75 Å². The van der Waals surface area contributed by atoms with Crippen molar-refractivity contribution in [2.45, 2.75) is 19.3 Å². The molecule has 0 bridgehead atoms. The van der Waals surface area contributed by atoms with Gasteiger partial charge in [0.15, 0.2) is 0 Å². The maximum atomic E-state index is 12.1. The second-order valence-electron chi connectivity index (χ2n) is 3.98. The van der Waals surface area contributed by atoms with Crippen LogP contribution in [0.4, 0.5) is 13.2 Å². The van der Waals surface area contributed by atoms with Crippen molar-refractivity contribution in [2.24, 2.45) is 0 Å². The number of nitrogens with zero attached hydrogens (tertiary/aromatic N) is 1. The van der Waals surface area contributed by atoms with E-state index in [0.29, 0.717) is 0 Å². The van der Waals surface area contributed by atoms with Gasteiger partial charge in [0.25, 0.3) is 0 Å². The maximum absolute atomic E-state index is 12.1. The van der Waals surface area contributed by atoms with Gasteiger partial charge in [0.1, 0.15) is 10.8 Å². The number of nitrogens with one attached hydrogen (secondary N) is 1. The Morgan fingerprint density at radius 2 is 2.00 bits per heavy atom. The van der Waals surface area contributed by atoms with Gasteiger partial charge in [0.05, 0.1) is 6.04 Å². The van der Waals surface area contributed by atoms with Crippen LogP contribution in [0.1, 0.15) is 23.5 Å². The number of ether oxygens (including phenoxy) is 1. The zero-order valence-electron chi connectivity index (χ0n) is 10.6. The molecule has 1 heterocycles. The standard InChI is InChI=1S/C13H13F3N2OS/c1-2-17-11(12-18-7-8-20-12)9-3-5-10(6-4-9)19-13(14,15)16/h3-8,11,17H,2H2,1H3. The molecule has 0 spiro atoms. The van der Waals surface area contributed by atoms with Crippen LogP contribution in [-0.2, 0) is 0 Å². The summed E-state index contributed by atoms with van der Waals surface area (Å²) < 4.78 is 40.2. The van der Waals surface area contributed by atoms with E-state index < -0.39 is 6.36 Å². The zero-order chi connectivity index (χ0) is 14.6. The molecule has 20 heavy (non-hydrogen) atoms. The fraction of sp³-hybridized carbons (Fsp3) is 0.308. The van der Waals surface area contributed by atoms with E-state index in [2.05, 4.69) is 15.0 Å². The zero-order valence-corrected chi connectivity index (χ0v) is 11.5. The summed E-state index contributed by atoms with van der Waals surface area (Å²) in [6.45, 7) is 2.69. The van der Waals surface area contributed by atoms with Crippen LogP contribution < -0.4 is 10.1 Å². The number of alkyl halides is 3. The summed E-state index contributed by atoms with van der Waals surface area (Å²) >= 11 is 1.50. The molecule has 0 aliphatic carbocycles. The first-order chi connectivity index (χ1) is 9.49. The number of thiazole rings is 1. The monoisotopic (exact) mass is 302 g/mol. The second kappa shape index (κ2) is 6.23. The fourth-order valence-electron chi connectivity index (χ4n) is 1.79. The largest absolute Gasteiger partial charge is 0.573 e. The molecule has 0 aliphatic rings. The Labute approximate surface area is 118 Å². The van der Waals surface area contributed by atoms with Crippen molar-refractivity contribution in [2.75, 3.05) is 6.54 Å². The summed E-state index contributed by atoms with van der Waals surface area (Å²) in [4.78, 5) is 4.24. The van der Waals surface area contributed by atoms with Crippen LogP contribution in [0.3, 0.4) is 0 Å². The molecule has 108 valence electrons. The Hall–Kier alpha value is -1.60. The molecule has 3 nitrogen and oxygen atoms in total. The van der Waals surface area contributed by atoms with Crippen molar-refractivity contribution in [1.82, 2.24) is 10.3 Å². The minimum Gasteiger partial charge on any atom is -0.406 e. The molecule has 1 aromatic carbocycles. The van der Waals surface area contributed by atoms with E-state index in [9.17, 15) is 13.2 Å². The van der Waals surface area contributed by atoms with E-state index in [0.717, 1.165) is 17.1 Å². The van der Waals surface area contributed by atoms with E-state index in [1.54, 1.807) is 18.3 Å². The van der Waals surface area contributed by atoms with E-state index in [4.69, 9.17) is 0 Å². The summed E-state index contributed by atoms with van der Waals surface area (Å²) in [5.74, 6) is -0.226. The molecule has 7 heteroatoms. The number of halogens is 3. The summed E-state index contributed by atoms with van der Waals surface area (Å²) in [6, 6.07) is 5.70. The third-order valence-corrected chi connectivity index (χ3v) is 3.39. The predicted molar refractivity (Wildman–Crippen MR) is 70.8 cm³/mol. The molecule has 0 radical (unpaired) electrons. The van der Waals surface area contributed by atoms with Crippen LogP contribution >= 0.6 is 11.3 Å². The highest BCUT2D eigenvalue weighted by atomic mass is 32.1. The Bertz CT molecular complexity index is 526. The first-order valence-corrected chi connectivity index (χ1v) is 6.86. The quantitative estimate of drug-likeness (QED) is 0.913. The van der Waals surface area contributed by atoms with Crippen LogP contribution in [0, 0.1) is 0 Å². The van der Waals surface area contributed by atoms with Crippen LogP contribution in [0.2, 0.25) is 0 Å². The molecule has 1 unspecified atom stereocenters. The average Bonchev–Trinajstić information content (AvgIpc) is 2.89. The van der Waals surface area contributed by atoms with Gasteiger partial charge >= 0.3 is 6.36 Å². The molecule has 0 fully saturated rings.